The molecule has 0 radical (unpaired) electrons. The zero-order valence-electron chi connectivity index (χ0n) is 15.7. The molecule has 6 heteroatoms. The fourth-order valence-electron chi connectivity index (χ4n) is 3.16. The van der Waals surface area contributed by atoms with Crippen LogP contribution in [0.3, 0.4) is 0 Å². The van der Waals surface area contributed by atoms with Crippen LogP contribution in [-0.2, 0) is 7.05 Å². The second-order valence-corrected chi connectivity index (χ2v) is 6.47. The van der Waals surface area contributed by atoms with Gasteiger partial charge in [-0.25, -0.2) is 9.97 Å². The minimum Gasteiger partial charge on any atom is -0.497 e. The molecule has 1 amide bonds. The van der Waals surface area contributed by atoms with Gasteiger partial charge in [-0.15, -0.1) is 0 Å². The number of nitrogens with one attached hydrogen (secondary N) is 1. The van der Waals surface area contributed by atoms with Crippen LogP contribution in [0.4, 0.5) is 0 Å². The molecule has 0 saturated heterocycles. The SMILES string of the molecule is COc1ccc2nc(C(=O)NC(c3ccccc3)c3nccn3C)ccc2c1. The third-order valence-corrected chi connectivity index (χ3v) is 4.65. The summed E-state index contributed by atoms with van der Waals surface area (Å²) in [5, 5.41) is 3.99. The summed E-state index contributed by atoms with van der Waals surface area (Å²) in [6.07, 6.45) is 3.58. The number of aromatic nitrogens is 3. The predicted octanol–water partition coefficient (Wildman–Crippen LogP) is 3.50. The number of amides is 1. The number of benzene rings is 2. The Labute approximate surface area is 162 Å². The van der Waals surface area contributed by atoms with Crippen molar-refractivity contribution in [1.29, 1.82) is 0 Å². The molecule has 1 unspecified atom stereocenters. The number of pyridine rings is 1. The number of hydrogen-bond donors (Lipinski definition) is 1. The highest BCUT2D eigenvalue weighted by molar-refractivity contribution is 5.95. The number of methoxy groups -OCH3 is 1. The lowest BCUT2D eigenvalue weighted by atomic mass is 10.1. The Morgan fingerprint density at radius 1 is 1.11 bits per heavy atom. The molecule has 4 aromatic rings. The van der Waals surface area contributed by atoms with Gasteiger partial charge >= 0.3 is 0 Å². The maximum absolute atomic E-state index is 13.0. The molecule has 0 aliphatic heterocycles. The lowest BCUT2D eigenvalue weighted by molar-refractivity contribution is 0.0936. The molecule has 6 nitrogen and oxygen atoms in total. The van der Waals surface area contributed by atoms with Gasteiger partial charge in [-0.2, -0.15) is 0 Å². The molecule has 1 atom stereocenters. The minimum absolute atomic E-state index is 0.255. The Kier molecular flexibility index (Phi) is 4.76. The van der Waals surface area contributed by atoms with E-state index in [0.29, 0.717) is 5.69 Å². The number of fused-ring (bicyclic) bond motifs is 1. The molecule has 2 heterocycles. The van der Waals surface area contributed by atoms with Crippen molar-refractivity contribution < 1.29 is 9.53 Å². The molecule has 1 N–H and O–H groups in total. The number of nitrogens with zero attached hydrogens (tertiary/aromatic N) is 3. The number of aryl methyl sites for hydroxylation is 1. The number of rotatable bonds is 5. The van der Waals surface area contributed by atoms with Crippen molar-refractivity contribution in [3.05, 3.63) is 90.1 Å². The van der Waals surface area contributed by atoms with Gasteiger partial charge in [0.15, 0.2) is 0 Å². The molecular formula is C22H20N4O2. The largest absolute Gasteiger partial charge is 0.497 e. The Balaban J connectivity index is 1.66. The average Bonchev–Trinajstić information content (AvgIpc) is 3.17. The van der Waals surface area contributed by atoms with E-state index in [-0.39, 0.29) is 11.9 Å². The van der Waals surface area contributed by atoms with Crippen molar-refractivity contribution in [1.82, 2.24) is 19.9 Å². The summed E-state index contributed by atoms with van der Waals surface area (Å²) in [6, 6.07) is 18.6. The van der Waals surface area contributed by atoms with E-state index < -0.39 is 0 Å². The zero-order chi connectivity index (χ0) is 19.5. The van der Waals surface area contributed by atoms with Crippen LogP contribution in [0.2, 0.25) is 0 Å². The smallest absolute Gasteiger partial charge is 0.270 e. The van der Waals surface area contributed by atoms with Gasteiger partial charge in [-0.1, -0.05) is 36.4 Å². The molecule has 2 aromatic heterocycles. The van der Waals surface area contributed by atoms with E-state index in [0.717, 1.165) is 28.0 Å². The van der Waals surface area contributed by atoms with Crippen LogP contribution in [0.5, 0.6) is 5.75 Å². The molecule has 140 valence electrons. The van der Waals surface area contributed by atoms with E-state index in [1.807, 2.05) is 72.4 Å². The van der Waals surface area contributed by atoms with Crippen molar-refractivity contribution in [2.75, 3.05) is 7.11 Å². The third kappa shape index (κ3) is 3.44. The monoisotopic (exact) mass is 372 g/mol. The van der Waals surface area contributed by atoms with Gasteiger partial charge < -0.3 is 14.6 Å². The van der Waals surface area contributed by atoms with Crippen molar-refractivity contribution in [2.45, 2.75) is 6.04 Å². The Morgan fingerprint density at radius 3 is 2.64 bits per heavy atom. The van der Waals surface area contributed by atoms with Gasteiger partial charge in [0.25, 0.3) is 5.91 Å². The van der Waals surface area contributed by atoms with E-state index in [1.54, 1.807) is 19.4 Å². The number of imidazole rings is 1. The molecule has 0 spiro atoms. The summed E-state index contributed by atoms with van der Waals surface area (Å²) in [5.41, 5.74) is 2.05. The highest BCUT2D eigenvalue weighted by atomic mass is 16.5. The van der Waals surface area contributed by atoms with E-state index in [4.69, 9.17) is 4.74 Å². The second kappa shape index (κ2) is 7.52. The molecule has 0 aliphatic carbocycles. The summed E-state index contributed by atoms with van der Waals surface area (Å²) < 4.78 is 7.14. The van der Waals surface area contributed by atoms with Crippen molar-refractivity contribution in [2.24, 2.45) is 7.05 Å². The fraction of sp³-hybridized carbons (Fsp3) is 0.136. The van der Waals surface area contributed by atoms with Gasteiger partial charge in [-0.05, 0) is 29.8 Å². The topological polar surface area (TPSA) is 69.0 Å². The van der Waals surface area contributed by atoms with E-state index >= 15 is 0 Å². The van der Waals surface area contributed by atoms with Crippen molar-refractivity contribution in [3.8, 4) is 5.75 Å². The van der Waals surface area contributed by atoms with Crippen LogP contribution in [0.15, 0.2) is 73.1 Å². The quantitative estimate of drug-likeness (QED) is 0.582. The first-order valence-corrected chi connectivity index (χ1v) is 8.93. The molecule has 28 heavy (non-hydrogen) atoms. The summed E-state index contributed by atoms with van der Waals surface area (Å²) in [5.74, 6) is 1.25. The molecule has 0 bridgehead atoms. The number of carbonyl (C=O) groups excluding carboxylic acids is 1. The lowest BCUT2D eigenvalue weighted by Crippen LogP contribution is -2.31. The highest BCUT2D eigenvalue weighted by Crippen LogP contribution is 2.22. The summed E-state index contributed by atoms with van der Waals surface area (Å²) >= 11 is 0. The van der Waals surface area contributed by atoms with E-state index in [9.17, 15) is 4.79 Å². The minimum atomic E-state index is -0.373. The zero-order valence-corrected chi connectivity index (χ0v) is 15.7. The van der Waals surface area contributed by atoms with E-state index in [1.165, 1.54) is 0 Å². The fourth-order valence-corrected chi connectivity index (χ4v) is 3.16. The van der Waals surface area contributed by atoms with Crippen LogP contribution in [0.25, 0.3) is 10.9 Å². The third-order valence-electron chi connectivity index (χ3n) is 4.65. The summed E-state index contributed by atoms with van der Waals surface area (Å²) in [4.78, 5) is 21.9. The first-order valence-electron chi connectivity index (χ1n) is 8.93. The van der Waals surface area contributed by atoms with Crippen molar-refractivity contribution in [3.63, 3.8) is 0 Å². The number of hydrogen-bond acceptors (Lipinski definition) is 4. The molecule has 0 fully saturated rings. The second-order valence-electron chi connectivity index (χ2n) is 6.47. The Bertz CT molecular complexity index is 1120. The number of carbonyl (C=O) groups is 1. The molecular weight excluding hydrogens is 352 g/mol. The Morgan fingerprint density at radius 2 is 1.93 bits per heavy atom. The van der Waals surface area contributed by atoms with Gasteiger partial charge in [0, 0.05) is 24.8 Å². The number of ether oxygens (including phenoxy) is 1. The highest BCUT2D eigenvalue weighted by Gasteiger charge is 2.22. The lowest BCUT2D eigenvalue weighted by Gasteiger charge is -2.19. The van der Waals surface area contributed by atoms with Crippen LogP contribution in [0, 0.1) is 0 Å². The molecule has 4 rings (SSSR count). The first kappa shape index (κ1) is 17.7. The molecule has 0 aliphatic rings. The molecule has 2 aromatic carbocycles. The normalized spacial score (nSPS) is 11.9. The van der Waals surface area contributed by atoms with Gasteiger partial charge in [0.05, 0.1) is 12.6 Å². The summed E-state index contributed by atoms with van der Waals surface area (Å²) in [7, 11) is 3.53. The van der Waals surface area contributed by atoms with Crippen LogP contribution >= 0.6 is 0 Å². The maximum Gasteiger partial charge on any atom is 0.270 e. The van der Waals surface area contributed by atoms with Gasteiger partial charge in [0.2, 0.25) is 0 Å². The standard InChI is InChI=1S/C22H20N4O2/c1-26-13-12-23-21(26)20(15-6-4-3-5-7-15)25-22(27)19-10-8-16-14-17(28-2)9-11-18(16)24-19/h3-14,20H,1-2H3,(H,25,27). The average molecular weight is 372 g/mol. The van der Waals surface area contributed by atoms with Crippen molar-refractivity contribution >= 4 is 16.8 Å². The summed E-state index contributed by atoms with van der Waals surface area (Å²) in [6.45, 7) is 0. The Hall–Kier alpha value is -3.67. The van der Waals surface area contributed by atoms with Crippen LogP contribution in [-0.4, -0.2) is 27.6 Å². The predicted molar refractivity (Wildman–Crippen MR) is 107 cm³/mol. The molecule has 0 saturated carbocycles. The van der Waals surface area contributed by atoms with E-state index in [2.05, 4.69) is 15.3 Å². The van der Waals surface area contributed by atoms with Gasteiger partial charge in [-0.3, -0.25) is 4.79 Å². The van der Waals surface area contributed by atoms with Crippen LogP contribution < -0.4 is 10.1 Å². The maximum atomic E-state index is 13.0. The first-order chi connectivity index (χ1) is 13.7. The van der Waals surface area contributed by atoms with Crippen LogP contribution in [0.1, 0.15) is 27.9 Å². The van der Waals surface area contributed by atoms with Gasteiger partial charge in [0.1, 0.15) is 23.3 Å².